The highest BCUT2D eigenvalue weighted by molar-refractivity contribution is 6.39. The normalized spacial score (nSPS) is 14.3. The van der Waals surface area contributed by atoms with E-state index in [-0.39, 0.29) is 0 Å². The Morgan fingerprint density at radius 2 is 1.76 bits per heavy atom. The molecule has 1 aromatic carbocycles. The molecule has 25 heavy (non-hydrogen) atoms. The number of nitrogens with one attached hydrogen (secondary N) is 1. The molecule has 1 aliphatic rings. The molecule has 0 atom stereocenters. The fourth-order valence-electron chi connectivity index (χ4n) is 2.83. The molecule has 6 nitrogen and oxygen atoms in total. The Kier molecular flexibility index (Phi) is 4.97. The Hall–Kier alpha value is -2.89. The molecule has 0 bridgehead atoms. The van der Waals surface area contributed by atoms with Crippen LogP contribution in [-0.2, 0) is 9.59 Å². The van der Waals surface area contributed by atoms with Crippen LogP contribution in [0, 0.1) is 13.8 Å². The largest absolute Gasteiger partial charge is 0.353 e. The molecular weight excluding hydrogens is 316 g/mol. The van der Waals surface area contributed by atoms with Crippen molar-refractivity contribution in [2.24, 2.45) is 0 Å². The quantitative estimate of drug-likeness (QED) is 0.851. The van der Waals surface area contributed by atoms with Crippen LogP contribution in [-0.4, -0.2) is 47.9 Å². The number of benzene rings is 1. The predicted molar refractivity (Wildman–Crippen MR) is 97.6 cm³/mol. The molecule has 0 aliphatic carbocycles. The van der Waals surface area contributed by atoms with Crippen LogP contribution in [0.1, 0.15) is 11.1 Å². The van der Waals surface area contributed by atoms with Gasteiger partial charge in [0.2, 0.25) is 0 Å². The number of carbonyl (C=O) groups is 2. The summed E-state index contributed by atoms with van der Waals surface area (Å²) in [5, 5.41) is 2.69. The van der Waals surface area contributed by atoms with Gasteiger partial charge in [0.05, 0.1) is 0 Å². The molecule has 3 rings (SSSR count). The molecule has 1 fully saturated rings. The zero-order valence-electron chi connectivity index (χ0n) is 14.5. The van der Waals surface area contributed by atoms with Crippen LogP contribution in [0.5, 0.6) is 0 Å². The molecule has 2 aromatic rings. The first kappa shape index (κ1) is 17.0. The third kappa shape index (κ3) is 3.96. The molecule has 2 amide bonds. The highest BCUT2D eigenvalue weighted by Gasteiger charge is 2.26. The number of nitrogens with zero attached hydrogens (tertiary/aromatic N) is 3. The van der Waals surface area contributed by atoms with Gasteiger partial charge < -0.3 is 15.1 Å². The molecular formula is C19H22N4O2. The van der Waals surface area contributed by atoms with Gasteiger partial charge in [-0.05, 0) is 49.2 Å². The Morgan fingerprint density at radius 3 is 2.40 bits per heavy atom. The number of rotatable bonds is 2. The summed E-state index contributed by atoms with van der Waals surface area (Å²) in [5.74, 6) is -0.178. The van der Waals surface area contributed by atoms with Crippen LogP contribution in [0.25, 0.3) is 0 Å². The summed E-state index contributed by atoms with van der Waals surface area (Å²) >= 11 is 0. The van der Waals surface area contributed by atoms with Crippen molar-refractivity contribution >= 4 is 23.3 Å². The second-order valence-electron chi connectivity index (χ2n) is 6.22. The van der Waals surface area contributed by atoms with Crippen molar-refractivity contribution in [1.82, 2.24) is 9.88 Å². The number of pyridine rings is 1. The fourth-order valence-corrected chi connectivity index (χ4v) is 2.83. The van der Waals surface area contributed by atoms with E-state index in [1.165, 1.54) is 0 Å². The molecule has 2 heterocycles. The SMILES string of the molecule is Cc1ccc(NC(=O)C(=O)N2CCN(c3ccccn3)CC2)cc1C. The number of hydrogen-bond acceptors (Lipinski definition) is 4. The number of carbonyl (C=O) groups excluding carboxylic acids is 2. The van der Waals surface area contributed by atoms with Gasteiger partial charge in [-0.25, -0.2) is 4.98 Å². The topological polar surface area (TPSA) is 65.5 Å². The molecule has 1 saturated heterocycles. The monoisotopic (exact) mass is 338 g/mol. The second kappa shape index (κ2) is 7.34. The molecule has 1 aliphatic heterocycles. The maximum absolute atomic E-state index is 12.4. The Morgan fingerprint density at radius 1 is 1.00 bits per heavy atom. The molecule has 0 spiro atoms. The number of piperazine rings is 1. The second-order valence-corrected chi connectivity index (χ2v) is 6.22. The minimum Gasteiger partial charge on any atom is -0.353 e. The van der Waals surface area contributed by atoms with Crippen LogP contribution in [0.3, 0.4) is 0 Å². The highest BCUT2D eigenvalue weighted by Crippen LogP contribution is 2.15. The Labute approximate surface area is 147 Å². The van der Waals surface area contributed by atoms with Gasteiger partial charge in [0, 0.05) is 38.1 Å². The lowest BCUT2D eigenvalue weighted by Gasteiger charge is -2.35. The Bertz CT molecular complexity index is 768. The minimum absolute atomic E-state index is 0.487. The first-order valence-corrected chi connectivity index (χ1v) is 8.38. The van der Waals surface area contributed by atoms with Gasteiger partial charge >= 0.3 is 11.8 Å². The molecule has 6 heteroatoms. The standard InChI is InChI=1S/C19H22N4O2/c1-14-6-7-16(13-15(14)2)21-18(24)19(25)23-11-9-22(10-12-23)17-5-3-4-8-20-17/h3-8,13H,9-12H2,1-2H3,(H,21,24). The average Bonchev–Trinajstić information content (AvgIpc) is 2.65. The van der Waals surface area contributed by atoms with E-state index in [4.69, 9.17) is 0 Å². The van der Waals surface area contributed by atoms with E-state index in [0.717, 1.165) is 16.9 Å². The smallest absolute Gasteiger partial charge is 0.313 e. The third-order valence-corrected chi connectivity index (χ3v) is 4.50. The van der Waals surface area contributed by atoms with Crippen LogP contribution in [0.2, 0.25) is 0 Å². The number of aromatic nitrogens is 1. The van der Waals surface area contributed by atoms with Crippen molar-refractivity contribution in [3.63, 3.8) is 0 Å². The van der Waals surface area contributed by atoms with Gasteiger partial charge in [-0.3, -0.25) is 9.59 Å². The van der Waals surface area contributed by atoms with E-state index in [0.29, 0.717) is 31.9 Å². The lowest BCUT2D eigenvalue weighted by molar-refractivity contribution is -0.143. The first-order chi connectivity index (χ1) is 12.0. The van der Waals surface area contributed by atoms with E-state index >= 15 is 0 Å². The van der Waals surface area contributed by atoms with Crippen molar-refractivity contribution in [3.8, 4) is 0 Å². The van der Waals surface area contributed by atoms with Crippen molar-refractivity contribution in [2.45, 2.75) is 13.8 Å². The van der Waals surface area contributed by atoms with Crippen LogP contribution >= 0.6 is 0 Å². The van der Waals surface area contributed by atoms with Crippen molar-refractivity contribution in [1.29, 1.82) is 0 Å². The van der Waals surface area contributed by atoms with Gasteiger partial charge in [-0.1, -0.05) is 12.1 Å². The molecule has 0 unspecified atom stereocenters. The zero-order valence-corrected chi connectivity index (χ0v) is 14.5. The molecule has 0 saturated carbocycles. The Balaban J connectivity index is 1.56. The fraction of sp³-hybridized carbons (Fsp3) is 0.316. The van der Waals surface area contributed by atoms with Crippen LogP contribution in [0.15, 0.2) is 42.6 Å². The third-order valence-electron chi connectivity index (χ3n) is 4.50. The summed E-state index contributed by atoms with van der Waals surface area (Å²) in [6.07, 6.45) is 1.75. The van der Waals surface area contributed by atoms with E-state index in [1.54, 1.807) is 11.1 Å². The van der Waals surface area contributed by atoms with Gasteiger partial charge in [0.15, 0.2) is 0 Å². The van der Waals surface area contributed by atoms with E-state index in [9.17, 15) is 9.59 Å². The number of aryl methyl sites for hydroxylation is 2. The van der Waals surface area contributed by atoms with Gasteiger partial charge in [0.1, 0.15) is 5.82 Å². The summed E-state index contributed by atoms with van der Waals surface area (Å²) in [6.45, 7) is 6.33. The average molecular weight is 338 g/mol. The van der Waals surface area contributed by atoms with Crippen LogP contribution in [0.4, 0.5) is 11.5 Å². The van der Waals surface area contributed by atoms with Crippen molar-refractivity contribution < 1.29 is 9.59 Å². The first-order valence-electron chi connectivity index (χ1n) is 8.38. The summed E-state index contributed by atoms with van der Waals surface area (Å²) in [5.41, 5.74) is 2.87. The van der Waals surface area contributed by atoms with Gasteiger partial charge in [-0.2, -0.15) is 0 Å². The van der Waals surface area contributed by atoms with E-state index < -0.39 is 11.8 Å². The molecule has 1 N–H and O–H groups in total. The summed E-state index contributed by atoms with van der Waals surface area (Å²) in [6, 6.07) is 11.4. The van der Waals surface area contributed by atoms with E-state index in [1.807, 2.05) is 50.2 Å². The van der Waals surface area contributed by atoms with Crippen molar-refractivity contribution in [3.05, 3.63) is 53.7 Å². The van der Waals surface area contributed by atoms with Crippen molar-refractivity contribution in [2.75, 3.05) is 36.4 Å². The highest BCUT2D eigenvalue weighted by atomic mass is 16.2. The minimum atomic E-state index is -0.588. The van der Waals surface area contributed by atoms with E-state index in [2.05, 4.69) is 15.2 Å². The number of amides is 2. The number of hydrogen-bond donors (Lipinski definition) is 1. The maximum atomic E-state index is 12.4. The zero-order chi connectivity index (χ0) is 17.8. The van der Waals surface area contributed by atoms with Gasteiger partial charge in [0.25, 0.3) is 0 Å². The van der Waals surface area contributed by atoms with Gasteiger partial charge in [-0.15, -0.1) is 0 Å². The molecule has 1 aromatic heterocycles. The lowest BCUT2D eigenvalue weighted by Crippen LogP contribution is -2.51. The summed E-state index contributed by atoms with van der Waals surface area (Å²) < 4.78 is 0. The maximum Gasteiger partial charge on any atom is 0.313 e. The molecule has 130 valence electrons. The summed E-state index contributed by atoms with van der Waals surface area (Å²) in [4.78, 5) is 32.6. The summed E-state index contributed by atoms with van der Waals surface area (Å²) in [7, 11) is 0. The number of anilines is 2. The van der Waals surface area contributed by atoms with Crippen LogP contribution < -0.4 is 10.2 Å². The lowest BCUT2D eigenvalue weighted by atomic mass is 10.1. The predicted octanol–water partition coefficient (Wildman–Crippen LogP) is 1.99. The molecule has 0 radical (unpaired) electrons.